The molecule has 1 N–H and O–H groups in total. The Bertz CT molecular complexity index is 543. The van der Waals surface area contributed by atoms with Crippen LogP contribution in [0.2, 0.25) is 0 Å². The summed E-state index contributed by atoms with van der Waals surface area (Å²) < 4.78 is 0. The Morgan fingerprint density at radius 2 is 2.05 bits per heavy atom. The van der Waals surface area contributed by atoms with Crippen molar-refractivity contribution < 1.29 is 4.79 Å². The van der Waals surface area contributed by atoms with Crippen LogP contribution < -0.4 is 5.32 Å². The smallest absolute Gasteiger partial charge is 0.271 e. The highest BCUT2D eigenvalue weighted by Crippen LogP contribution is 2.17. The number of benzene rings is 1. The predicted molar refractivity (Wildman–Crippen MR) is 80.9 cm³/mol. The van der Waals surface area contributed by atoms with Gasteiger partial charge in [0.05, 0.1) is 6.20 Å². The van der Waals surface area contributed by atoms with Crippen molar-refractivity contribution in [3.63, 3.8) is 0 Å². The number of amides is 1. The number of aromatic nitrogens is 2. The molecular weight excluding hydrogens is 270 g/mol. The third kappa shape index (κ3) is 4.35. The van der Waals surface area contributed by atoms with Crippen LogP contribution in [0.1, 0.15) is 23.0 Å². The molecule has 20 heavy (non-hydrogen) atoms. The number of thioether (sulfide) groups is 1. The molecule has 1 amide bonds. The van der Waals surface area contributed by atoms with Gasteiger partial charge in [0.25, 0.3) is 5.91 Å². The molecule has 0 atom stereocenters. The molecule has 0 saturated heterocycles. The molecule has 4 nitrogen and oxygen atoms in total. The van der Waals surface area contributed by atoms with Crippen molar-refractivity contribution in [3.8, 4) is 0 Å². The molecule has 0 saturated carbocycles. The number of carbonyl (C=O) groups excluding carboxylic acids is 1. The van der Waals surface area contributed by atoms with Crippen LogP contribution in [0, 0.1) is 0 Å². The molecule has 0 radical (unpaired) electrons. The molecule has 0 bridgehead atoms. The number of hydrogen-bond donors (Lipinski definition) is 1. The number of rotatable bonds is 6. The van der Waals surface area contributed by atoms with E-state index in [1.54, 1.807) is 6.20 Å². The van der Waals surface area contributed by atoms with Crippen molar-refractivity contribution in [2.75, 3.05) is 12.3 Å². The maximum Gasteiger partial charge on any atom is 0.271 e. The van der Waals surface area contributed by atoms with Crippen LogP contribution in [0.4, 0.5) is 0 Å². The summed E-state index contributed by atoms with van der Waals surface area (Å²) in [5, 5.41) is 2.84. The number of hydrogen-bond acceptors (Lipinski definition) is 4. The maximum absolute atomic E-state index is 11.8. The average molecular weight is 287 g/mol. The lowest BCUT2D eigenvalue weighted by molar-refractivity contribution is 0.0948. The molecule has 1 aromatic heterocycles. The summed E-state index contributed by atoms with van der Waals surface area (Å²) in [6.45, 7) is 2.73. The second-order valence-electron chi connectivity index (χ2n) is 4.17. The Hall–Kier alpha value is -1.88. The third-order valence-electron chi connectivity index (χ3n) is 2.73. The number of carbonyl (C=O) groups is 1. The Morgan fingerprint density at radius 3 is 2.70 bits per heavy atom. The monoisotopic (exact) mass is 287 g/mol. The molecule has 0 unspecified atom stereocenters. The van der Waals surface area contributed by atoms with Crippen molar-refractivity contribution in [2.45, 2.75) is 18.2 Å². The summed E-state index contributed by atoms with van der Waals surface area (Å²) >= 11 is 1.83. The topological polar surface area (TPSA) is 54.9 Å². The molecule has 0 aliphatic carbocycles. The van der Waals surface area contributed by atoms with Gasteiger partial charge in [-0.2, -0.15) is 0 Å². The van der Waals surface area contributed by atoms with Crippen molar-refractivity contribution >= 4 is 17.7 Å². The van der Waals surface area contributed by atoms with Gasteiger partial charge in [0, 0.05) is 23.8 Å². The van der Waals surface area contributed by atoms with Crippen molar-refractivity contribution in [1.82, 2.24) is 15.3 Å². The highest BCUT2D eigenvalue weighted by atomic mass is 32.2. The van der Waals surface area contributed by atoms with E-state index in [0.717, 1.165) is 12.2 Å². The zero-order chi connectivity index (χ0) is 14.2. The molecule has 1 heterocycles. The van der Waals surface area contributed by atoms with Crippen LogP contribution >= 0.6 is 11.8 Å². The van der Waals surface area contributed by atoms with E-state index in [4.69, 9.17) is 0 Å². The molecule has 0 aliphatic heterocycles. The number of nitrogens with zero attached hydrogens (tertiary/aromatic N) is 2. The van der Waals surface area contributed by atoms with Gasteiger partial charge in [0.15, 0.2) is 0 Å². The van der Waals surface area contributed by atoms with Crippen LogP contribution in [0.15, 0.2) is 47.8 Å². The van der Waals surface area contributed by atoms with E-state index in [-0.39, 0.29) is 5.91 Å². The fraction of sp³-hybridized carbons (Fsp3) is 0.267. The maximum atomic E-state index is 11.8. The Kier molecular flexibility index (Phi) is 5.55. The zero-order valence-corrected chi connectivity index (χ0v) is 12.2. The molecular formula is C15H17N3OS. The highest BCUT2D eigenvalue weighted by Gasteiger charge is 2.05. The standard InChI is InChI=1S/C15H17N3OS/c1-2-20-13-5-3-12(4-6-13)7-8-18-15(19)14-11-16-9-10-17-14/h3-6,9-11H,2,7-8H2,1H3,(H,18,19). The van der Waals surface area contributed by atoms with Crippen LogP contribution in [0.5, 0.6) is 0 Å². The average Bonchev–Trinajstić information content (AvgIpc) is 2.50. The second-order valence-corrected chi connectivity index (χ2v) is 5.51. The Labute approximate surface area is 123 Å². The molecule has 0 spiro atoms. The van der Waals surface area contributed by atoms with Gasteiger partial charge in [-0.15, -0.1) is 11.8 Å². The van der Waals surface area contributed by atoms with E-state index in [1.807, 2.05) is 11.8 Å². The van der Waals surface area contributed by atoms with Crippen LogP contribution in [0.25, 0.3) is 0 Å². The fourth-order valence-electron chi connectivity index (χ4n) is 1.75. The molecule has 2 rings (SSSR count). The molecule has 0 fully saturated rings. The van der Waals surface area contributed by atoms with Crippen LogP contribution in [0.3, 0.4) is 0 Å². The van der Waals surface area contributed by atoms with E-state index in [1.165, 1.54) is 22.9 Å². The first-order chi connectivity index (χ1) is 9.79. The van der Waals surface area contributed by atoms with Crippen molar-refractivity contribution in [1.29, 1.82) is 0 Å². The molecule has 1 aromatic carbocycles. The minimum absolute atomic E-state index is 0.184. The highest BCUT2D eigenvalue weighted by molar-refractivity contribution is 7.99. The van der Waals surface area contributed by atoms with E-state index in [2.05, 4.69) is 46.5 Å². The van der Waals surface area contributed by atoms with E-state index in [9.17, 15) is 4.79 Å². The minimum atomic E-state index is -0.184. The fourth-order valence-corrected chi connectivity index (χ4v) is 2.41. The quantitative estimate of drug-likeness (QED) is 0.830. The first-order valence-corrected chi connectivity index (χ1v) is 7.54. The minimum Gasteiger partial charge on any atom is -0.350 e. The molecule has 5 heteroatoms. The Morgan fingerprint density at radius 1 is 1.25 bits per heavy atom. The Balaban J connectivity index is 1.79. The summed E-state index contributed by atoms with van der Waals surface area (Å²) in [5.41, 5.74) is 1.56. The van der Waals surface area contributed by atoms with Crippen molar-refractivity contribution in [3.05, 3.63) is 54.1 Å². The SMILES string of the molecule is CCSc1ccc(CCNC(=O)c2cnccn2)cc1. The van der Waals surface area contributed by atoms with Crippen LogP contribution in [-0.2, 0) is 6.42 Å². The largest absolute Gasteiger partial charge is 0.350 e. The van der Waals surface area contributed by atoms with Gasteiger partial charge in [-0.3, -0.25) is 9.78 Å². The summed E-state index contributed by atoms with van der Waals surface area (Å²) in [4.78, 5) is 20.9. The molecule has 0 aliphatic rings. The summed E-state index contributed by atoms with van der Waals surface area (Å²) in [6.07, 6.45) is 5.33. The summed E-state index contributed by atoms with van der Waals surface area (Å²) in [6, 6.07) is 8.45. The van der Waals surface area contributed by atoms with E-state index in [0.29, 0.717) is 12.2 Å². The van der Waals surface area contributed by atoms with Gasteiger partial charge >= 0.3 is 0 Å². The summed E-state index contributed by atoms with van der Waals surface area (Å²) in [7, 11) is 0. The first-order valence-electron chi connectivity index (χ1n) is 6.55. The van der Waals surface area contributed by atoms with Gasteiger partial charge in [-0.25, -0.2) is 4.98 Å². The van der Waals surface area contributed by atoms with Gasteiger partial charge in [0.1, 0.15) is 5.69 Å². The predicted octanol–water partition coefficient (Wildman–Crippen LogP) is 2.56. The lowest BCUT2D eigenvalue weighted by Crippen LogP contribution is -2.26. The zero-order valence-electron chi connectivity index (χ0n) is 11.4. The van der Waals surface area contributed by atoms with Gasteiger partial charge in [-0.1, -0.05) is 19.1 Å². The van der Waals surface area contributed by atoms with Gasteiger partial charge < -0.3 is 5.32 Å². The van der Waals surface area contributed by atoms with Crippen molar-refractivity contribution in [2.24, 2.45) is 0 Å². The van der Waals surface area contributed by atoms with E-state index < -0.39 is 0 Å². The molecule has 2 aromatic rings. The first kappa shape index (κ1) is 14.5. The van der Waals surface area contributed by atoms with E-state index >= 15 is 0 Å². The lowest BCUT2D eigenvalue weighted by atomic mass is 10.1. The number of nitrogens with one attached hydrogen (secondary N) is 1. The van der Waals surface area contributed by atoms with Gasteiger partial charge in [-0.05, 0) is 29.9 Å². The van der Waals surface area contributed by atoms with Gasteiger partial charge in [0.2, 0.25) is 0 Å². The van der Waals surface area contributed by atoms with Crippen LogP contribution in [-0.4, -0.2) is 28.2 Å². The molecule has 104 valence electrons. The third-order valence-corrected chi connectivity index (χ3v) is 3.62. The summed E-state index contributed by atoms with van der Waals surface area (Å²) in [5.74, 6) is 0.893. The lowest BCUT2D eigenvalue weighted by Gasteiger charge is -2.05. The second kappa shape index (κ2) is 7.65. The normalized spacial score (nSPS) is 10.2.